The number of esters is 1. The van der Waals surface area contributed by atoms with E-state index in [4.69, 9.17) is 19.2 Å². The largest absolute Gasteiger partial charge is 0.497 e. The van der Waals surface area contributed by atoms with E-state index in [9.17, 15) is 4.79 Å². The number of benzene rings is 1. The number of hydrogen-bond acceptors (Lipinski definition) is 7. The van der Waals surface area contributed by atoms with Crippen LogP contribution in [0.25, 0.3) is 0 Å². The average molecular weight is 443 g/mol. The Hall–Kier alpha value is -2.28. The molecule has 3 aliphatic rings. The third-order valence-corrected chi connectivity index (χ3v) is 8.79. The van der Waals surface area contributed by atoms with E-state index in [1.54, 1.807) is 25.6 Å². The van der Waals surface area contributed by atoms with Crippen LogP contribution in [0.15, 0.2) is 18.2 Å². The van der Waals surface area contributed by atoms with Crippen LogP contribution in [0.5, 0.6) is 11.5 Å². The van der Waals surface area contributed by atoms with Crippen LogP contribution in [0.3, 0.4) is 0 Å². The molecule has 2 aliphatic carbocycles. The molecular weight excluding hydrogens is 412 g/mol. The van der Waals surface area contributed by atoms with E-state index in [0.29, 0.717) is 11.8 Å². The predicted octanol–water partition coefficient (Wildman–Crippen LogP) is 5.16. The number of thiazole rings is 1. The fourth-order valence-electron chi connectivity index (χ4n) is 6.16. The van der Waals surface area contributed by atoms with E-state index in [0.717, 1.165) is 47.3 Å². The van der Waals surface area contributed by atoms with Gasteiger partial charge in [-0.15, -0.1) is 11.3 Å². The topological polar surface area (TPSA) is 69.7 Å². The normalized spacial score (nSPS) is 33.7. The molecule has 0 amide bonds. The maximum Gasteiger partial charge on any atom is 0.309 e. The van der Waals surface area contributed by atoms with Crippen LogP contribution in [-0.2, 0) is 16.0 Å². The first-order valence-electron chi connectivity index (χ1n) is 11.0. The summed E-state index contributed by atoms with van der Waals surface area (Å²) in [6.45, 7) is 6.67. The van der Waals surface area contributed by atoms with Gasteiger partial charge >= 0.3 is 5.97 Å². The summed E-state index contributed by atoms with van der Waals surface area (Å²) >= 11 is 1.72. The Morgan fingerprint density at radius 3 is 2.77 bits per heavy atom. The number of anilines is 2. The number of ether oxygens (including phenoxy) is 3. The fraction of sp³-hybridized carbons (Fsp3) is 0.583. The zero-order valence-electron chi connectivity index (χ0n) is 18.7. The Morgan fingerprint density at radius 2 is 2.03 bits per heavy atom. The molecule has 1 aliphatic heterocycles. The van der Waals surface area contributed by atoms with Crippen LogP contribution >= 0.6 is 11.3 Å². The molecular formula is C24H30N2O4S. The van der Waals surface area contributed by atoms with Gasteiger partial charge in [-0.05, 0) is 36.8 Å². The van der Waals surface area contributed by atoms with E-state index in [1.165, 1.54) is 4.88 Å². The van der Waals surface area contributed by atoms with E-state index < -0.39 is 0 Å². The molecule has 31 heavy (non-hydrogen) atoms. The summed E-state index contributed by atoms with van der Waals surface area (Å²) in [6.07, 6.45) is 3.20. The molecule has 1 N–H and O–H groups in total. The highest BCUT2D eigenvalue weighted by molar-refractivity contribution is 7.15. The summed E-state index contributed by atoms with van der Waals surface area (Å²) in [4.78, 5) is 18.7. The molecule has 166 valence electrons. The van der Waals surface area contributed by atoms with Gasteiger partial charge in [0.05, 0.1) is 31.5 Å². The van der Waals surface area contributed by atoms with Crippen molar-refractivity contribution in [2.45, 2.75) is 52.1 Å². The molecule has 0 bridgehead atoms. The van der Waals surface area contributed by atoms with Crippen LogP contribution in [0.4, 0.5) is 10.8 Å². The lowest BCUT2D eigenvalue weighted by Crippen LogP contribution is -2.50. The zero-order valence-corrected chi connectivity index (χ0v) is 19.5. The summed E-state index contributed by atoms with van der Waals surface area (Å²) in [5.74, 6) is 2.40. The number of carbonyl (C=O) groups excluding carboxylic acids is 1. The first-order chi connectivity index (χ1) is 14.8. The van der Waals surface area contributed by atoms with Crippen molar-refractivity contribution in [1.29, 1.82) is 0 Å². The van der Waals surface area contributed by atoms with Gasteiger partial charge in [0.15, 0.2) is 5.13 Å². The molecule has 1 saturated heterocycles. The molecule has 0 radical (unpaired) electrons. The number of fused-ring (bicyclic) bond motifs is 4. The summed E-state index contributed by atoms with van der Waals surface area (Å²) in [5, 5.41) is 4.31. The van der Waals surface area contributed by atoms with Crippen molar-refractivity contribution in [3.8, 4) is 11.5 Å². The third kappa shape index (κ3) is 3.20. The molecule has 2 fully saturated rings. The first-order valence-corrected chi connectivity index (χ1v) is 11.9. The summed E-state index contributed by atoms with van der Waals surface area (Å²) in [5.41, 5.74) is 2.12. The molecule has 1 aromatic heterocycles. The molecule has 0 spiro atoms. The van der Waals surface area contributed by atoms with Crippen LogP contribution in [0.1, 0.15) is 50.1 Å². The quantitative estimate of drug-likeness (QED) is 0.660. The molecule has 2 aromatic rings. The van der Waals surface area contributed by atoms with Crippen molar-refractivity contribution in [3.05, 3.63) is 28.8 Å². The van der Waals surface area contributed by atoms with Gasteiger partial charge in [0, 0.05) is 28.7 Å². The number of hydrogen-bond donors (Lipinski definition) is 1. The number of carbonyl (C=O) groups is 1. The number of nitrogens with one attached hydrogen (secondary N) is 1. The highest BCUT2D eigenvalue weighted by atomic mass is 32.1. The highest BCUT2D eigenvalue weighted by Crippen LogP contribution is 2.59. The van der Waals surface area contributed by atoms with Gasteiger partial charge in [-0.1, -0.05) is 20.8 Å². The second kappa shape index (κ2) is 7.40. The maximum atomic E-state index is 12.3. The molecule has 7 heteroatoms. The third-order valence-electron chi connectivity index (χ3n) is 7.81. The lowest BCUT2D eigenvalue weighted by molar-refractivity contribution is -0.149. The Balaban J connectivity index is 1.47. The molecule has 2 heterocycles. The zero-order chi connectivity index (χ0) is 21.9. The lowest BCUT2D eigenvalue weighted by Gasteiger charge is -2.51. The summed E-state index contributed by atoms with van der Waals surface area (Å²) in [7, 11) is 3.32. The second-order valence-electron chi connectivity index (χ2n) is 9.56. The van der Waals surface area contributed by atoms with E-state index in [1.807, 2.05) is 25.1 Å². The van der Waals surface area contributed by atoms with Crippen molar-refractivity contribution in [2.24, 2.45) is 23.2 Å². The van der Waals surface area contributed by atoms with Gasteiger partial charge in [-0.2, -0.15) is 0 Å². The number of rotatable bonds is 4. The highest BCUT2D eigenvalue weighted by Gasteiger charge is 2.58. The monoisotopic (exact) mass is 442 g/mol. The standard InChI is InChI=1S/C24H30N2O4S/c1-12-15-8-9-24(3)11-18-20(13(2)19(24)21(15)30-22(12)27)26-23(31-18)25-16-10-14(28-4)6-7-17(16)29-5/h6-7,10,12-13,15,19,21H,8-9,11H2,1-5H3,(H,25,26)/t12-,13-,15-,19+,21-,24-/m0/s1. The van der Waals surface area contributed by atoms with Crippen LogP contribution in [-0.4, -0.2) is 31.3 Å². The van der Waals surface area contributed by atoms with Crippen LogP contribution in [0.2, 0.25) is 0 Å². The molecule has 6 atom stereocenters. The Bertz CT molecular complexity index is 1020. The molecule has 0 unspecified atom stereocenters. The van der Waals surface area contributed by atoms with Gasteiger partial charge in [-0.3, -0.25) is 4.79 Å². The Kier molecular flexibility index (Phi) is 4.92. The van der Waals surface area contributed by atoms with Crippen molar-refractivity contribution in [1.82, 2.24) is 4.98 Å². The van der Waals surface area contributed by atoms with E-state index in [2.05, 4.69) is 19.2 Å². The average Bonchev–Trinajstić information content (AvgIpc) is 3.27. The van der Waals surface area contributed by atoms with Gasteiger partial charge < -0.3 is 19.5 Å². The van der Waals surface area contributed by atoms with Gasteiger partial charge in [0.2, 0.25) is 0 Å². The van der Waals surface area contributed by atoms with E-state index in [-0.39, 0.29) is 29.3 Å². The smallest absolute Gasteiger partial charge is 0.309 e. The van der Waals surface area contributed by atoms with Crippen LogP contribution in [0, 0.1) is 23.2 Å². The number of methoxy groups -OCH3 is 2. The van der Waals surface area contributed by atoms with Gasteiger partial charge in [0.1, 0.15) is 17.6 Å². The van der Waals surface area contributed by atoms with Crippen LogP contribution < -0.4 is 14.8 Å². The van der Waals surface area contributed by atoms with Gasteiger partial charge in [0.25, 0.3) is 0 Å². The van der Waals surface area contributed by atoms with Crippen molar-refractivity contribution in [3.63, 3.8) is 0 Å². The lowest BCUT2D eigenvalue weighted by atomic mass is 9.54. The van der Waals surface area contributed by atoms with Crippen molar-refractivity contribution < 1.29 is 19.0 Å². The Labute approximate surface area is 187 Å². The fourth-order valence-corrected chi connectivity index (χ4v) is 7.44. The molecule has 1 saturated carbocycles. The van der Waals surface area contributed by atoms with E-state index >= 15 is 0 Å². The minimum absolute atomic E-state index is 0.0105. The molecule has 1 aromatic carbocycles. The minimum Gasteiger partial charge on any atom is -0.497 e. The SMILES string of the molecule is COc1ccc(OC)c(Nc2nc3c(s2)C[C@]2(C)CC[C@@H]4[C@H](OC(=O)[C@H]4C)[C@H]2[C@@H]3C)c1. The number of nitrogens with zero attached hydrogens (tertiary/aromatic N) is 1. The predicted molar refractivity (Wildman–Crippen MR) is 120 cm³/mol. The summed E-state index contributed by atoms with van der Waals surface area (Å²) in [6, 6.07) is 5.70. The first kappa shape index (κ1) is 20.6. The van der Waals surface area contributed by atoms with Gasteiger partial charge in [-0.25, -0.2) is 4.98 Å². The molecule has 6 nitrogen and oxygen atoms in total. The summed E-state index contributed by atoms with van der Waals surface area (Å²) < 4.78 is 16.8. The van der Waals surface area contributed by atoms with Crippen molar-refractivity contribution in [2.75, 3.05) is 19.5 Å². The maximum absolute atomic E-state index is 12.3. The molecule has 5 rings (SSSR count). The number of aromatic nitrogens is 1. The van der Waals surface area contributed by atoms with Crippen molar-refractivity contribution >= 4 is 28.1 Å². The Morgan fingerprint density at radius 1 is 1.23 bits per heavy atom. The second-order valence-corrected chi connectivity index (χ2v) is 10.6. The minimum atomic E-state index is -0.0250.